The summed E-state index contributed by atoms with van der Waals surface area (Å²) in [6, 6.07) is 0. The van der Waals surface area contributed by atoms with Crippen LogP contribution in [0.3, 0.4) is 0 Å². The van der Waals surface area contributed by atoms with Crippen molar-refractivity contribution in [3.05, 3.63) is 0 Å². The highest BCUT2D eigenvalue weighted by atomic mass is 16.4. The molecule has 4 atom stereocenters. The zero-order chi connectivity index (χ0) is 25.7. The van der Waals surface area contributed by atoms with E-state index in [0.29, 0.717) is 0 Å². The number of ketones is 6. The average Bonchev–Trinajstić information content (AvgIpc) is 2.82. The van der Waals surface area contributed by atoms with Gasteiger partial charge >= 0.3 is 0 Å². The first kappa shape index (κ1) is 17.0. The lowest BCUT2D eigenvalue weighted by Crippen LogP contribution is -2.85. The minimum atomic E-state index is -4.79. The molecular formula is C16H22O11. The average molecular weight is 395 g/mol. The SMILES string of the molecule is [2H]CC(=O)C(=O)[C@@](O)(C(=O)C[2H])[C@](O)(C(=O)C[2H])[C@@](O)(C(=O)C[2H])[C@](O)(CO)C(=O)C[2H]. The molecule has 0 unspecified atom stereocenters. The molecule has 0 aromatic carbocycles. The number of rotatable bonds is 10. The molecule has 0 bridgehead atoms. The lowest BCUT2D eigenvalue weighted by Gasteiger charge is -2.52. The number of aliphatic hydroxyl groups excluding tert-OH is 1. The van der Waals surface area contributed by atoms with Crippen molar-refractivity contribution in [3.8, 4) is 0 Å². The molecule has 0 saturated heterocycles. The van der Waals surface area contributed by atoms with E-state index in [1.165, 1.54) is 0 Å². The van der Waals surface area contributed by atoms with E-state index in [2.05, 4.69) is 0 Å². The maximum absolute atomic E-state index is 12.6. The Morgan fingerprint density at radius 3 is 1.52 bits per heavy atom. The highest BCUT2D eigenvalue weighted by molar-refractivity contribution is 6.45. The molecule has 0 aliphatic rings. The summed E-state index contributed by atoms with van der Waals surface area (Å²) in [5.41, 5.74) is -18.2. The molecule has 0 spiro atoms. The smallest absolute Gasteiger partial charge is 0.240 e. The van der Waals surface area contributed by atoms with Crippen LogP contribution in [0, 0.1) is 0 Å². The largest absolute Gasteiger partial charge is 0.393 e. The van der Waals surface area contributed by atoms with Crippen LogP contribution in [0.2, 0.25) is 0 Å². The Hall–Kier alpha value is -2.18. The summed E-state index contributed by atoms with van der Waals surface area (Å²) < 4.78 is 35.5. The molecule has 152 valence electrons. The molecule has 0 heterocycles. The van der Waals surface area contributed by atoms with E-state index in [1.807, 2.05) is 0 Å². The Kier molecular flexibility index (Phi) is 4.67. The number of carbonyl (C=O) groups is 6. The Balaban J connectivity index is 8.00. The quantitative estimate of drug-likeness (QED) is 0.181. The van der Waals surface area contributed by atoms with E-state index in [4.69, 9.17) is 6.85 Å². The Morgan fingerprint density at radius 1 is 0.704 bits per heavy atom. The van der Waals surface area contributed by atoms with Gasteiger partial charge in [-0.1, -0.05) is 0 Å². The Labute approximate surface area is 160 Å². The molecule has 27 heavy (non-hydrogen) atoms. The maximum Gasteiger partial charge on any atom is 0.240 e. The van der Waals surface area contributed by atoms with Crippen molar-refractivity contribution < 1.29 is 61.2 Å². The van der Waals surface area contributed by atoms with Crippen LogP contribution in [0.25, 0.3) is 0 Å². The van der Waals surface area contributed by atoms with Crippen molar-refractivity contribution in [3.63, 3.8) is 0 Å². The molecule has 0 radical (unpaired) electrons. The minimum Gasteiger partial charge on any atom is -0.393 e. The summed E-state index contributed by atoms with van der Waals surface area (Å²) in [5, 5.41) is 53.3. The molecular weight excluding hydrogens is 368 g/mol. The maximum atomic E-state index is 12.6. The Morgan fingerprint density at radius 2 is 1.15 bits per heavy atom. The molecule has 5 N–H and O–H groups in total. The van der Waals surface area contributed by atoms with E-state index >= 15 is 0 Å². The van der Waals surface area contributed by atoms with Gasteiger partial charge in [-0.25, -0.2) is 0 Å². The summed E-state index contributed by atoms with van der Waals surface area (Å²) >= 11 is 0. The van der Waals surface area contributed by atoms with Crippen LogP contribution in [-0.4, -0.2) is 89.2 Å². The van der Waals surface area contributed by atoms with Crippen molar-refractivity contribution in [2.24, 2.45) is 0 Å². The number of Topliss-reactive ketones (excluding diaryl/α,β-unsaturated/α-hetero) is 6. The van der Waals surface area contributed by atoms with Gasteiger partial charge in [0.2, 0.25) is 22.6 Å². The van der Waals surface area contributed by atoms with Crippen LogP contribution in [0.5, 0.6) is 0 Å². The first-order chi connectivity index (χ1) is 14.6. The third kappa shape index (κ3) is 2.97. The Bertz CT molecular complexity index is 820. The van der Waals surface area contributed by atoms with Gasteiger partial charge in [0.25, 0.3) is 0 Å². The van der Waals surface area contributed by atoms with Crippen LogP contribution < -0.4 is 0 Å². The van der Waals surface area contributed by atoms with Gasteiger partial charge in [0.05, 0.1) is 6.61 Å². The molecule has 0 fully saturated rings. The summed E-state index contributed by atoms with van der Waals surface area (Å²) in [6.07, 6.45) is 0. The molecule has 0 saturated carbocycles. The lowest BCUT2D eigenvalue weighted by atomic mass is 9.57. The molecule has 0 aliphatic heterocycles. The summed E-state index contributed by atoms with van der Waals surface area (Å²) in [6.45, 7) is -10.4. The second-order valence-corrected chi connectivity index (χ2v) is 5.59. The molecule has 0 rings (SSSR count). The van der Waals surface area contributed by atoms with Crippen LogP contribution in [-0.2, 0) is 28.8 Å². The van der Waals surface area contributed by atoms with Gasteiger partial charge in [0.1, 0.15) is 0 Å². The number of carbonyl (C=O) groups excluding carboxylic acids is 6. The van der Waals surface area contributed by atoms with E-state index in [1.54, 1.807) is 0 Å². The van der Waals surface area contributed by atoms with Gasteiger partial charge in [0.15, 0.2) is 34.5 Å². The van der Waals surface area contributed by atoms with E-state index in [-0.39, 0.29) is 0 Å². The zero-order valence-electron chi connectivity index (χ0n) is 18.9. The van der Waals surface area contributed by atoms with Crippen LogP contribution in [0.1, 0.15) is 41.4 Å². The van der Waals surface area contributed by atoms with E-state index in [0.717, 1.165) is 0 Å². The van der Waals surface area contributed by atoms with E-state index in [9.17, 15) is 54.3 Å². The fourth-order valence-electron chi connectivity index (χ4n) is 2.50. The molecule has 11 heteroatoms. The third-order valence-corrected chi connectivity index (χ3v) is 4.13. The molecule has 11 nitrogen and oxygen atoms in total. The van der Waals surface area contributed by atoms with Gasteiger partial charge in [-0.05, 0) is 27.6 Å². The third-order valence-electron chi connectivity index (χ3n) is 4.13. The van der Waals surface area contributed by atoms with Gasteiger partial charge in [0, 0.05) is 13.8 Å². The van der Waals surface area contributed by atoms with Crippen LogP contribution in [0.15, 0.2) is 0 Å². The normalized spacial score (nSPS) is 22.6. The van der Waals surface area contributed by atoms with Crippen molar-refractivity contribution in [2.45, 2.75) is 56.9 Å². The van der Waals surface area contributed by atoms with Crippen molar-refractivity contribution in [2.75, 3.05) is 6.61 Å². The first-order valence-corrected chi connectivity index (χ1v) is 6.81. The monoisotopic (exact) mass is 395 g/mol. The first-order valence-electron chi connectivity index (χ1n) is 10.3. The predicted molar refractivity (Wildman–Crippen MR) is 85.3 cm³/mol. The van der Waals surface area contributed by atoms with Gasteiger partial charge in [-0.15, -0.1) is 0 Å². The van der Waals surface area contributed by atoms with Crippen LogP contribution in [0.4, 0.5) is 0 Å². The summed E-state index contributed by atoms with van der Waals surface area (Å²) in [7, 11) is 0. The second kappa shape index (κ2) is 7.44. The summed E-state index contributed by atoms with van der Waals surface area (Å²) in [5.74, 6) is -13.3. The van der Waals surface area contributed by atoms with Crippen LogP contribution >= 0.6 is 0 Å². The summed E-state index contributed by atoms with van der Waals surface area (Å²) in [4.78, 5) is 74.1. The van der Waals surface area contributed by atoms with Crippen molar-refractivity contribution in [1.29, 1.82) is 0 Å². The number of hydrogen-bond acceptors (Lipinski definition) is 11. The zero-order valence-corrected chi connectivity index (χ0v) is 13.9. The highest BCUT2D eigenvalue weighted by Crippen LogP contribution is 2.43. The highest BCUT2D eigenvalue weighted by Gasteiger charge is 2.79. The van der Waals surface area contributed by atoms with Gasteiger partial charge < -0.3 is 25.5 Å². The van der Waals surface area contributed by atoms with Gasteiger partial charge in [-0.2, -0.15) is 0 Å². The number of hydrogen-bond donors (Lipinski definition) is 5. The number of aliphatic hydroxyl groups is 5. The standard InChI is InChI=1S/C16H22O11/c1-7(18)12(23)14(25,9(3)20)16(27,11(5)22)15(26,10(4)21)13(24,6-17)8(2)19/h17,24-27H,6H2,1-5H3/t13-,14-,15+,16+/m0/s1/i1D,2D,3D,4D,5D. The predicted octanol–water partition coefficient (Wildman–Crippen LogP) is -3.58. The lowest BCUT2D eigenvalue weighted by molar-refractivity contribution is -0.264. The molecule has 0 aliphatic carbocycles. The fourth-order valence-corrected chi connectivity index (χ4v) is 2.50. The van der Waals surface area contributed by atoms with E-state index < -0.39 is 98.2 Å². The molecule has 0 aromatic heterocycles. The minimum absolute atomic E-state index is 1.52. The van der Waals surface area contributed by atoms with Crippen molar-refractivity contribution >= 4 is 34.7 Å². The molecule has 0 amide bonds. The van der Waals surface area contributed by atoms with Crippen molar-refractivity contribution in [1.82, 2.24) is 0 Å². The fraction of sp³-hybridized carbons (Fsp3) is 0.625. The molecule has 0 aromatic rings. The second-order valence-electron chi connectivity index (χ2n) is 5.59. The topological polar surface area (TPSA) is 204 Å². The van der Waals surface area contributed by atoms with Gasteiger partial charge in [-0.3, -0.25) is 28.8 Å².